The van der Waals surface area contributed by atoms with Crippen molar-refractivity contribution in [3.63, 3.8) is 0 Å². The Bertz CT molecular complexity index is 832. The van der Waals surface area contributed by atoms with Crippen molar-refractivity contribution in [1.82, 2.24) is 0 Å². The predicted molar refractivity (Wildman–Crippen MR) is 95.2 cm³/mol. The van der Waals surface area contributed by atoms with Crippen LogP contribution in [0.4, 0.5) is 0 Å². The third-order valence-corrected chi connectivity index (χ3v) is 6.67. The van der Waals surface area contributed by atoms with E-state index >= 15 is 0 Å². The summed E-state index contributed by atoms with van der Waals surface area (Å²) in [6.07, 6.45) is 7.97. The van der Waals surface area contributed by atoms with E-state index < -0.39 is 5.97 Å². The number of carboxylic acids is 1. The second-order valence-electron chi connectivity index (χ2n) is 7.44. The van der Waals surface area contributed by atoms with Gasteiger partial charge in [0.25, 0.3) is 0 Å². The van der Waals surface area contributed by atoms with Crippen molar-refractivity contribution < 1.29 is 9.90 Å². The minimum absolute atomic E-state index is 0.341. The van der Waals surface area contributed by atoms with Gasteiger partial charge in [-0.1, -0.05) is 38.1 Å². The van der Waals surface area contributed by atoms with E-state index in [1.165, 1.54) is 47.3 Å². The Labute approximate surface area is 140 Å². The van der Waals surface area contributed by atoms with E-state index in [-0.39, 0.29) is 0 Å². The minimum atomic E-state index is -0.857. The fourth-order valence-corrected chi connectivity index (χ4v) is 5.23. The summed E-state index contributed by atoms with van der Waals surface area (Å²) < 4.78 is 0. The average Bonchev–Trinajstić information content (AvgIpc) is 3.16. The fourth-order valence-electron chi connectivity index (χ4n) is 4.48. The summed E-state index contributed by atoms with van der Waals surface area (Å²) in [4.78, 5) is 12.3. The van der Waals surface area contributed by atoms with Crippen LogP contribution in [-0.2, 0) is 10.8 Å². The molecule has 118 valence electrons. The molecule has 2 aliphatic rings. The van der Waals surface area contributed by atoms with Crippen molar-refractivity contribution in [2.75, 3.05) is 0 Å². The Hall–Kier alpha value is -1.87. The lowest BCUT2D eigenvalue weighted by Crippen LogP contribution is -2.17. The number of benzene rings is 1. The van der Waals surface area contributed by atoms with Crippen LogP contribution in [0, 0.1) is 0 Å². The second kappa shape index (κ2) is 4.81. The Balaban J connectivity index is 1.64. The molecule has 0 aliphatic heterocycles. The van der Waals surface area contributed by atoms with Crippen LogP contribution in [0.15, 0.2) is 30.3 Å². The summed E-state index contributed by atoms with van der Waals surface area (Å²) in [5.41, 5.74) is 4.97. The van der Waals surface area contributed by atoms with Crippen LogP contribution >= 0.6 is 11.3 Å². The number of rotatable bonds is 3. The molecule has 1 aromatic carbocycles. The molecule has 2 unspecified atom stereocenters. The van der Waals surface area contributed by atoms with Crippen LogP contribution < -0.4 is 0 Å². The van der Waals surface area contributed by atoms with Gasteiger partial charge in [-0.05, 0) is 65.0 Å². The lowest BCUT2D eigenvalue weighted by Gasteiger charge is -2.27. The quantitative estimate of drug-likeness (QED) is 0.828. The predicted octanol–water partition coefficient (Wildman–Crippen LogP) is 5.33. The molecule has 2 aliphatic carbocycles. The van der Waals surface area contributed by atoms with Crippen molar-refractivity contribution in [3.8, 4) is 0 Å². The van der Waals surface area contributed by atoms with E-state index in [1.807, 2.05) is 12.1 Å². The molecule has 1 aromatic heterocycles. The van der Waals surface area contributed by atoms with Crippen molar-refractivity contribution in [2.24, 2.45) is 0 Å². The van der Waals surface area contributed by atoms with Gasteiger partial charge in [0.15, 0.2) is 0 Å². The van der Waals surface area contributed by atoms with Gasteiger partial charge in [-0.2, -0.15) is 0 Å². The molecule has 3 heteroatoms. The molecule has 1 saturated carbocycles. The van der Waals surface area contributed by atoms with Crippen molar-refractivity contribution in [3.05, 3.63) is 56.8 Å². The smallest absolute Gasteiger partial charge is 0.345 e. The van der Waals surface area contributed by atoms with Crippen LogP contribution in [0.2, 0.25) is 0 Å². The van der Waals surface area contributed by atoms with Gasteiger partial charge >= 0.3 is 5.97 Å². The molecule has 2 atom stereocenters. The van der Waals surface area contributed by atoms with Gasteiger partial charge in [0, 0.05) is 4.88 Å². The Morgan fingerprint density at radius 2 is 1.83 bits per heavy atom. The highest BCUT2D eigenvalue weighted by atomic mass is 32.1. The van der Waals surface area contributed by atoms with Crippen LogP contribution in [0.3, 0.4) is 0 Å². The number of carbonyl (C=O) groups is 1. The molecule has 0 saturated heterocycles. The van der Waals surface area contributed by atoms with Crippen LogP contribution in [0.1, 0.15) is 64.3 Å². The summed E-state index contributed by atoms with van der Waals surface area (Å²) in [6, 6.07) is 10.4. The highest BCUT2D eigenvalue weighted by molar-refractivity contribution is 7.14. The Morgan fingerprint density at radius 1 is 1.09 bits per heavy atom. The number of aromatic carboxylic acids is 1. The van der Waals surface area contributed by atoms with E-state index in [4.69, 9.17) is 5.11 Å². The fraction of sp³-hybridized carbons (Fsp3) is 0.350. The molecule has 0 radical (unpaired) electrons. The highest BCUT2D eigenvalue weighted by Crippen LogP contribution is 2.60. The number of carboxylic acid groups (broad SMARTS) is 1. The molecule has 0 amide bonds. The molecular formula is C20H20O2S. The summed E-state index contributed by atoms with van der Waals surface area (Å²) in [5.74, 6) is -0.857. The average molecular weight is 324 g/mol. The van der Waals surface area contributed by atoms with Crippen molar-refractivity contribution in [2.45, 2.75) is 43.9 Å². The standard InChI is InChI=1S/C20H20O2S/c1-19-9-10-20(2,12-19)16-11-13(4-7-15(16)19)3-5-14-6-8-17(23-14)18(21)22/h3-8,11H,9-10,12H2,1-2H3,(H,21,22)/b5-3-. The first-order chi connectivity index (χ1) is 10.9. The lowest BCUT2D eigenvalue weighted by atomic mass is 9.77. The van der Waals surface area contributed by atoms with Crippen LogP contribution in [0.5, 0.6) is 0 Å². The molecule has 23 heavy (non-hydrogen) atoms. The Morgan fingerprint density at radius 3 is 2.52 bits per heavy atom. The van der Waals surface area contributed by atoms with Gasteiger partial charge in [0.2, 0.25) is 0 Å². The maximum Gasteiger partial charge on any atom is 0.345 e. The number of fused-ring (bicyclic) bond motifs is 5. The summed E-state index contributed by atoms with van der Waals surface area (Å²) >= 11 is 1.31. The third kappa shape index (κ3) is 2.26. The van der Waals surface area contributed by atoms with E-state index in [9.17, 15) is 4.79 Å². The molecule has 2 aromatic rings. The molecule has 0 spiro atoms. The van der Waals surface area contributed by atoms with Crippen molar-refractivity contribution >= 4 is 29.5 Å². The van der Waals surface area contributed by atoms with Crippen molar-refractivity contribution in [1.29, 1.82) is 0 Å². The number of thiophene rings is 1. The van der Waals surface area contributed by atoms with Gasteiger partial charge < -0.3 is 5.11 Å². The zero-order chi connectivity index (χ0) is 16.2. The largest absolute Gasteiger partial charge is 0.477 e. The Kier molecular flexibility index (Phi) is 3.08. The van der Waals surface area contributed by atoms with E-state index in [0.717, 1.165) is 4.88 Å². The molecule has 2 nitrogen and oxygen atoms in total. The van der Waals surface area contributed by atoms with Gasteiger partial charge in [0.1, 0.15) is 4.88 Å². The maximum atomic E-state index is 10.9. The van der Waals surface area contributed by atoms with Gasteiger partial charge in [-0.3, -0.25) is 0 Å². The minimum Gasteiger partial charge on any atom is -0.477 e. The van der Waals surface area contributed by atoms with Crippen LogP contribution in [0.25, 0.3) is 12.2 Å². The first kappa shape index (κ1) is 14.7. The maximum absolute atomic E-state index is 10.9. The van der Waals surface area contributed by atoms with Gasteiger partial charge in [-0.25, -0.2) is 4.79 Å². The normalized spacial score (nSPS) is 28.4. The molecule has 2 bridgehead atoms. The topological polar surface area (TPSA) is 37.3 Å². The first-order valence-electron chi connectivity index (χ1n) is 8.06. The number of hydrogen-bond acceptors (Lipinski definition) is 2. The van der Waals surface area contributed by atoms with E-state index in [1.54, 1.807) is 6.07 Å². The molecule has 4 rings (SSSR count). The SMILES string of the molecule is CC12CCC(C)(C1)c1cc(/C=C\c3ccc(C(=O)O)s3)ccc12. The molecule has 1 N–H and O–H groups in total. The van der Waals surface area contributed by atoms with E-state index in [2.05, 4.69) is 38.1 Å². The molecule has 1 fully saturated rings. The molecular weight excluding hydrogens is 304 g/mol. The van der Waals surface area contributed by atoms with Gasteiger partial charge in [-0.15, -0.1) is 11.3 Å². The summed E-state index contributed by atoms with van der Waals surface area (Å²) in [7, 11) is 0. The second-order valence-corrected chi connectivity index (χ2v) is 8.56. The van der Waals surface area contributed by atoms with E-state index in [0.29, 0.717) is 15.7 Å². The summed E-state index contributed by atoms with van der Waals surface area (Å²) in [5, 5.41) is 8.99. The molecule has 1 heterocycles. The lowest BCUT2D eigenvalue weighted by molar-refractivity contribution is 0.0702. The zero-order valence-corrected chi connectivity index (χ0v) is 14.2. The third-order valence-electron chi connectivity index (χ3n) is 5.63. The first-order valence-corrected chi connectivity index (χ1v) is 8.88. The van der Waals surface area contributed by atoms with Crippen LogP contribution in [-0.4, -0.2) is 11.1 Å². The van der Waals surface area contributed by atoms with Gasteiger partial charge in [0.05, 0.1) is 0 Å². The zero-order valence-electron chi connectivity index (χ0n) is 13.4. The number of hydrogen-bond donors (Lipinski definition) is 1. The highest BCUT2D eigenvalue weighted by Gasteiger charge is 2.52. The monoisotopic (exact) mass is 324 g/mol. The summed E-state index contributed by atoms with van der Waals surface area (Å²) in [6.45, 7) is 4.80.